The van der Waals surface area contributed by atoms with Crippen LogP contribution in [0.4, 0.5) is 16.2 Å². The molecule has 1 aromatic carbocycles. The third kappa shape index (κ3) is 4.41. The highest BCUT2D eigenvalue weighted by Crippen LogP contribution is 2.18. The standard InChI is InChI=1S/C16H17ClN4O2/c17-11-1-3-12(4-2-11)20-16(22)21-13-5-6-14(19-9-13)15-10-18-7-8-23-15/h1-6,9,15,18H,7-8,10H2,(H2,20,21,22)/t15-/m1/s1. The van der Waals surface area contributed by atoms with Crippen molar-refractivity contribution in [3.05, 3.63) is 53.3 Å². The minimum absolute atomic E-state index is 0.0410. The lowest BCUT2D eigenvalue weighted by Crippen LogP contribution is -2.33. The van der Waals surface area contributed by atoms with Crippen molar-refractivity contribution in [1.29, 1.82) is 0 Å². The molecule has 1 saturated heterocycles. The van der Waals surface area contributed by atoms with Gasteiger partial charge in [-0.15, -0.1) is 0 Å². The number of morpholine rings is 1. The second-order valence-corrected chi connectivity index (χ2v) is 5.56. The van der Waals surface area contributed by atoms with Crippen molar-refractivity contribution in [3.8, 4) is 0 Å². The second-order valence-electron chi connectivity index (χ2n) is 5.12. The molecule has 1 aliphatic heterocycles. The molecule has 3 rings (SSSR count). The normalized spacial score (nSPS) is 17.5. The zero-order chi connectivity index (χ0) is 16.1. The summed E-state index contributed by atoms with van der Waals surface area (Å²) in [7, 11) is 0. The quantitative estimate of drug-likeness (QED) is 0.807. The number of pyridine rings is 1. The van der Waals surface area contributed by atoms with Crippen LogP contribution in [0, 0.1) is 0 Å². The summed E-state index contributed by atoms with van der Waals surface area (Å²) in [5, 5.41) is 9.34. The van der Waals surface area contributed by atoms with Crippen molar-refractivity contribution in [1.82, 2.24) is 10.3 Å². The van der Waals surface area contributed by atoms with Gasteiger partial charge in [-0.05, 0) is 36.4 Å². The largest absolute Gasteiger partial charge is 0.369 e. The van der Waals surface area contributed by atoms with Crippen LogP contribution in [0.5, 0.6) is 0 Å². The van der Waals surface area contributed by atoms with Gasteiger partial charge in [-0.25, -0.2) is 4.79 Å². The van der Waals surface area contributed by atoms with Gasteiger partial charge in [-0.3, -0.25) is 4.98 Å². The molecule has 1 fully saturated rings. The first kappa shape index (κ1) is 15.7. The number of anilines is 2. The summed E-state index contributed by atoms with van der Waals surface area (Å²) in [5.41, 5.74) is 2.13. The van der Waals surface area contributed by atoms with Crippen LogP contribution in [0.1, 0.15) is 11.8 Å². The van der Waals surface area contributed by atoms with E-state index >= 15 is 0 Å². The number of benzene rings is 1. The Morgan fingerprint density at radius 3 is 2.57 bits per heavy atom. The van der Waals surface area contributed by atoms with Gasteiger partial charge in [0.2, 0.25) is 0 Å². The molecular formula is C16H17ClN4O2. The van der Waals surface area contributed by atoms with Crippen LogP contribution in [0.15, 0.2) is 42.6 Å². The molecular weight excluding hydrogens is 316 g/mol. The monoisotopic (exact) mass is 332 g/mol. The van der Waals surface area contributed by atoms with Crippen LogP contribution in [0.2, 0.25) is 5.02 Å². The number of urea groups is 1. The number of aromatic nitrogens is 1. The molecule has 1 aromatic heterocycles. The Hall–Kier alpha value is -2.15. The molecule has 0 radical (unpaired) electrons. The van der Waals surface area contributed by atoms with E-state index in [1.165, 1.54) is 0 Å². The minimum atomic E-state index is -0.336. The van der Waals surface area contributed by atoms with Gasteiger partial charge in [0.1, 0.15) is 6.10 Å². The molecule has 120 valence electrons. The number of nitrogens with one attached hydrogen (secondary N) is 3. The second kappa shape index (κ2) is 7.41. The Morgan fingerprint density at radius 2 is 1.91 bits per heavy atom. The Kier molecular flexibility index (Phi) is 5.07. The lowest BCUT2D eigenvalue weighted by molar-refractivity contribution is 0.0250. The lowest BCUT2D eigenvalue weighted by atomic mass is 10.2. The number of ether oxygens (including phenoxy) is 1. The molecule has 2 aromatic rings. The average Bonchev–Trinajstić information content (AvgIpc) is 2.58. The lowest BCUT2D eigenvalue weighted by Gasteiger charge is -2.23. The summed E-state index contributed by atoms with van der Waals surface area (Å²) >= 11 is 5.81. The summed E-state index contributed by atoms with van der Waals surface area (Å²) in [6.07, 6.45) is 1.58. The summed E-state index contributed by atoms with van der Waals surface area (Å²) < 4.78 is 5.64. The van der Waals surface area contributed by atoms with Crippen LogP contribution < -0.4 is 16.0 Å². The summed E-state index contributed by atoms with van der Waals surface area (Å²) in [5.74, 6) is 0. The van der Waals surface area contributed by atoms with Crippen molar-refractivity contribution in [3.63, 3.8) is 0 Å². The van der Waals surface area contributed by atoms with E-state index in [0.717, 1.165) is 18.8 Å². The van der Waals surface area contributed by atoms with Crippen LogP contribution in [0.3, 0.4) is 0 Å². The zero-order valence-corrected chi connectivity index (χ0v) is 13.1. The van der Waals surface area contributed by atoms with Gasteiger partial charge in [0.25, 0.3) is 0 Å². The SMILES string of the molecule is O=C(Nc1ccc(Cl)cc1)Nc1ccc([C@H]2CNCCO2)nc1. The van der Waals surface area contributed by atoms with Crippen molar-refractivity contribution < 1.29 is 9.53 Å². The molecule has 0 bridgehead atoms. The summed E-state index contributed by atoms with van der Waals surface area (Å²) in [4.78, 5) is 16.3. The molecule has 2 amide bonds. The van der Waals surface area contributed by atoms with Gasteiger partial charge in [0.05, 0.1) is 24.2 Å². The van der Waals surface area contributed by atoms with Gasteiger partial charge < -0.3 is 20.7 Å². The Balaban J connectivity index is 1.57. The molecule has 1 atom stereocenters. The molecule has 0 saturated carbocycles. The highest BCUT2D eigenvalue weighted by atomic mass is 35.5. The van der Waals surface area contributed by atoms with E-state index in [1.54, 1.807) is 30.5 Å². The number of hydrogen-bond donors (Lipinski definition) is 3. The number of nitrogens with zero attached hydrogens (tertiary/aromatic N) is 1. The van der Waals surface area contributed by atoms with E-state index in [4.69, 9.17) is 16.3 Å². The minimum Gasteiger partial charge on any atom is -0.369 e. The zero-order valence-electron chi connectivity index (χ0n) is 12.4. The molecule has 2 heterocycles. The fourth-order valence-electron chi connectivity index (χ4n) is 2.25. The van der Waals surface area contributed by atoms with Crippen LogP contribution >= 0.6 is 11.6 Å². The molecule has 0 spiro atoms. The first-order chi connectivity index (χ1) is 11.2. The third-order valence-corrected chi connectivity index (χ3v) is 3.66. The Morgan fingerprint density at radius 1 is 1.17 bits per heavy atom. The highest BCUT2D eigenvalue weighted by molar-refractivity contribution is 6.30. The third-order valence-electron chi connectivity index (χ3n) is 3.40. The summed E-state index contributed by atoms with van der Waals surface area (Å²) in [6, 6.07) is 10.2. The molecule has 1 aliphatic rings. The van der Waals surface area contributed by atoms with Crippen LogP contribution in [-0.2, 0) is 4.74 Å². The first-order valence-corrected chi connectivity index (χ1v) is 7.70. The van der Waals surface area contributed by atoms with Crippen molar-refractivity contribution in [2.75, 3.05) is 30.3 Å². The van der Waals surface area contributed by atoms with Crippen molar-refractivity contribution in [2.45, 2.75) is 6.10 Å². The summed E-state index contributed by atoms with van der Waals surface area (Å²) in [6.45, 7) is 2.29. The maximum atomic E-state index is 11.9. The van der Waals surface area contributed by atoms with E-state index in [-0.39, 0.29) is 12.1 Å². The number of amides is 2. The smallest absolute Gasteiger partial charge is 0.323 e. The number of hydrogen-bond acceptors (Lipinski definition) is 4. The predicted octanol–water partition coefficient (Wildman–Crippen LogP) is 3.04. The number of halogens is 1. The molecule has 6 nitrogen and oxygen atoms in total. The fourth-order valence-corrected chi connectivity index (χ4v) is 2.38. The molecule has 3 N–H and O–H groups in total. The van der Waals surface area contributed by atoms with Crippen LogP contribution in [0.25, 0.3) is 0 Å². The van der Waals surface area contributed by atoms with Gasteiger partial charge >= 0.3 is 6.03 Å². The van der Waals surface area contributed by atoms with Crippen molar-refractivity contribution >= 4 is 29.0 Å². The molecule has 0 unspecified atom stereocenters. The van der Waals surface area contributed by atoms with Gasteiger partial charge in [-0.1, -0.05) is 11.6 Å². The van der Waals surface area contributed by atoms with E-state index in [9.17, 15) is 4.79 Å². The van der Waals surface area contributed by atoms with E-state index < -0.39 is 0 Å². The topological polar surface area (TPSA) is 75.3 Å². The van der Waals surface area contributed by atoms with Gasteiger partial charge in [0.15, 0.2) is 0 Å². The number of carbonyl (C=O) groups excluding carboxylic acids is 1. The van der Waals surface area contributed by atoms with Gasteiger partial charge in [0, 0.05) is 23.8 Å². The molecule has 7 heteroatoms. The maximum Gasteiger partial charge on any atom is 0.323 e. The molecule has 0 aliphatic carbocycles. The van der Waals surface area contributed by atoms with E-state index in [0.29, 0.717) is 23.0 Å². The molecule has 23 heavy (non-hydrogen) atoms. The van der Waals surface area contributed by atoms with E-state index in [2.05, 4.69) is 20.9 Å². The Bertz CT molecular complexity index is 655. The van der Waals surface area contributed by atoms with Gasteiger partial charge in [-0.2, -0.15) is 0 Å². The average molecular weight is 333 g/mol. The first-order valence-electron chi connectivity index (χ1n) is 7.32. The Labute approximate surface area is 139 Å². The van der Waals surface area contributed by atoms with Crippen LogP contribution in [-0.4, -0.2) is 30.7 Å². The maximum absolute atomic E-state index is 11.9. The highest BCUT2D eigenvalue weighted by Gasteiger charge is 2.16. The fraction of sp³-hybridized carbons (Fsp3) is 0.250. The van der Waals surface area contributed by atoms with Crippen molar-refractivity contribution in [2.24, 2.45) is 0 Å². The number of carbonyl (C=O) groups is 1. The predicted molar refractivity (Wildman–Crippen MR) is 89.9 cm³/mol. The number of rotatable bonds is 3. The van der Waals surface area contributed by atoms with E-state index in [1.807, 2.05) is 12.1 Å².